The van der Waals surface area contributed by atoms with Gasteiger partial charge in [0.15, 0.2) is 0 Å². The number of nitrogen functional groups attached to an aromatic ring is 5. The average molecular weight is 1700 g/mol. The van der Waals surface area contributed by atoms with Crippen LogP contribution >= 0.6 is 0 Å². The third kappa shape index (κ3) is 20.1. The van der Waals surface area contributed by atoms with Gasteiger partial charge in [0, 0.05) is 105 Å². The summed E-state index contributed by atoms with van der Waals surface area (Å²) in [6.45, 7) is 21.3. The van der Waals surface area contributed by atoms with Crippen LogP contribution in [-0.2, 0) is 32.9 Å². The first-order valence-electron chi connectivity index (χ1n) is 42.4. The van der Waals surface area contributed by atoms with Crippen LogP contribution in [0.4, 0.5) is 47.2 Å². The van der Waals surface area contributed by atoms with Gasteiger partial charge < -0.3 is 49.0 Å². The SMILES string of the molecule is CNc1cc(-c2coc3ccccc23)nc(N)n1.Cc1ccc(S(=O)(=O)n2cc(-c3cc(N[C@@H](C)C4CC4)nc(N)n3)c3ccccc32)cc1.Cc1ccc(S(=O)(=O)n2cc(-c3cc(N[C@H](C)C4CC4)nc(N)n3)c3ccccc32)cc1.Cc1cccc(-c2cc(C[C@@H](C)C3CC3)nc(N)n2)c1C.Cc1cccc(-c2cc(C[C@H](C)C3CC3)nc(N)n2)c1C. The second kappa shape index (κ2) is 36.5. The summed E-state index contributed by atoms with van der Waals surface area (Å²) in [6.07, 6.45) is 17.2. The minimum Gasteiger partial charge on any atom is -0.464 e. The molecule has 0 spiro atoms. The van der Waals surface area contributed by atoms with Crippen LogP contribution in [0, 0.1) is 77.0 Å². The molecule has 19 rings (SSSR count). The second-order valence-corrected chi connectivity index (χ2v) is 37.1. The van der Waals surface area contributed by atoms with E-state index in [0.29, 0.717) is 98.7 Å². The predicted octanol–water partition coefficient (Wildman–Crippen LogP) is 19.2. The van der Waals surface area contributed by atoms with Gasteiger partial charge in [0.05, 0.1) is 49.3 Å². The largest absolute Gasteiger partial charge is 0.464 e. The van der Waals surface area contributed by atoms with Crippen LogP contribution in [0.5, 0.6) is 0 Å². The Bertz CT molecular complexity index is 6300. The van der Waals surface area contributed by atoms with Gasteiger partial charge in [-0.3, -0.25) is 0 Å². The highest BCUT2D eigenvalue weighted by Crippen LogP contribution is 2.43. The second-order valence-electron chi connectivity index (χ2n) is 33.5. The maximum absolute atomic E-state index is 13.5. The van der Waals surface area contributed by atoms with E-state index >= 15 is 0 Å². The fraction of sp³-hybridized carbons (Fsp3) is 0.299. The zero-order valence-electron chi connectivity index (χ0n) is 71.9. The van der Waals surface area contributed by atoms with Crippen molar-refractivity contribution in [1.82, 2.24) is 57.8 Å². The Balaban J connectivity index is 0.000000122. The number of nitrogens with zero attached hydrogens (tertiary/aromatic N) is 12. The molecule has 638 valence electrons. The lowest BCUT2D eigenvalue weighted by Crippen LogP contribution is -2.18. The van der Waals surface area contributed by atoms with Crippen molar-refractivity contribution < 1.29 is 21.3 Å². The average Bonchev–Trinajstić information content (AvgIpc) is 1.60. The molecule has 0 saturated heterocycles. The molecule has 0 bridgehead atoms. The van der Waals surface area contributed by atoms with Crippen LogP contribution in [0.25, 0.3) is 89.1 Å². The van der Waals surface area contributed by atoms with Gasteiger partial charge in [-0.1, -0.05) is 140 Å². The number of rotatable bonds is 22. The molecule has 7 aromatic carbocycles. The Morgan fingerprint density at radius 2 is 0.726 bits per heavy atom. The van der Waals surface area contributed by atoms with E-state index in [9.17, 15) is 16.8 Å². The van der Waals surface area contributed by atoms with Crippen LogP contribution in [0.1, 0.15) is 124 Å². The molecule has 8 aromatic heterocycles. The highest BCUT2D eigenvalue weighted by Gasteiger charge is 2.33. The molecule has 4 atom stereocenters. The number of furan rings is 1. The van der Waals surface area contributed by atoms with Crippen molar-refractivity contribution in [2.45, 2.75) is 155 Å². The van der Waals surface area contributed by atoms with E-state index < -0.39 is 20.0 Å². The van der Waals surface area contributed by atoms with Crippen LogP contribution < -0.4 is 44.6 Å². The summed E-state index contributed by atoms with van der Waals surface area (Å²) in [5.41, 5.74) is 49.2. The molecule has 124 heavy (non-hydrogen) atoms. The third-order valence-corrected chi connectivity index (χ3v) is 27.4. The molecule has 4 aliphatic rings. The number of fused-ring (bicyclic) bond motifs is 3. The molecule has 13 N–H and O–H groups in total. The molecular weight excluding hydrogens is 1590 g/mol. The molecule has 0 unspecified atom stereocenters. The summed E-state index contributed by atoms with van der Waals surface area (Å²) in [6, 6.07) is 59.2. The van der Waals surface area contributed by atoms with E-state index in [4.69, 9.17) is 33.1 Å². The zero-order chi connectivity index (χ0) is 87.4. The van der Waals surface area contributed by atoms with Gasteiger partial charge in [-0.15, -0.1) is 0 Å². The standard InChI is InChI=1S/2C24H25N5O2S.2C18H23N3.C13H12N4O/c2*1-15-7-11-18(12-8-15)32(30,31)29-14-20(19-5-3-4-6-22(19)29)21-13-23(28-24(25)27-21)26-16(2)17-9-10-17;2*1-11-5-4-6-16(13(11)3)17-10-15(20-18(19)21-17)9-12(2)14-7-8-14;1-15-12-6-10(16-13(14)17-12)9-7-18-11-5-3-2-4-8(9)11/h2*3-8,11-14,16-17H,9-10H2,1-2H3,(H3,25,26,27,28);2*4-6,10,12,14H,7-9H2,1-3H3,(H2,19,20,21);2-7H,1H3,(H3,14,15,16,17)/t2*16-;2*12-;/m1010./s1. The van der Waals surface area contributed by atoms with Gasteiger partial charge in [-0.2, -0.15) is 15.0 Å². The van der Waals surface area contributed by atoms with E-state index in [1.807, 2.05) is 92.7 Å². The number of hydrogen-bond donors (Lipinski definition) is 8. The highest BCUT2D eigenvalue weighted by atomic mass is 32.2. The number of para-hydroxylation sites is 3. The number of nitrogens with one attached hydrogen (secondary N) is 3. The Morgan fingerprint density at radius 1 is 0.379 bits per heavy atom. The molecule has 4 saturated carbocycles. The molecule has 8 heterocycles. The maximum Gasteiger partial charge on any atom is 0.268 e. The Labute approximate surface area is 724 Å². The van der Waals surface area contributed by atoms with Crippen molar-refractivity contribution in [2.75, 3.05) is 51.7 Å². The van der Waals surface area contributed by atoms with E-state index in [0.717, 1.165) is 103 Å². The van der Waals surface area contributed by atoms with Crippen LogP contribution in [0.3, 0.4) is 0 Å². The molecule has 0 aliphatic heterocycles. The van der Waals surface area contributed by atoms with Crippen molar-refractivity contribution in [3.05, 3.63) is 251 Å². The number of nitrogens with two attached hydrogens (primary N) is 5. The van der Waals surface area contributed by atoms with Crippen molar-refractivity contribution in [3.8, 4) is 56.3 Å². The van der Waals surface area contributed by atoms with Crippen molar-refractivity contribution in [1.29, 1.82) is 0 Å². The number of aryl methyl sites for hydroxylation is 4. The smallest absolute Gasteiger partial charge is 0.268 e. The van der Waals surface area contributed by atoms with Gasteiger partial charge in [-0.05, 0) is 232 Å². The van der Waals surface area contributed by atoms with Crippen molar-refractivity contribution >= 4 is 100 Å². The molecular formula is C97H108N20O5S2. The van der Waals surface area contributed by atoms with Crippen LogP contribution in [0.15, 0.2) is 221 Å². The molecule has 0 radical (unpaired) electrons. The van der Waals surface area contributed by atoms with Crippen LogP contribution in [-0.4, -0.2) is 93.8 Å². The monoisotopic (exact) mass is 1700 g/mol. The minimum absolute atomic E-state index is 0.145. The first kappa shape index (κ1) is 85.8. The first-order chi connectivity index (χ1) is 59.5. The molecule has 4 fully saturated rings. The van der Waals surface area contributed by atoms with E-state index in [1.165, 1.54) is 81.6 Å². The van der Waals surface area contributed by atoms with Gasteiger partial charge in [0.25, 0.3) is 20.0 Å². The molecule has 0 amide bonds. The normalized spacial score (nSPS) is 14.7. The Hall–Kier alpha value is -13.1. The summed E-state index contributed by atoms with van der Waals surface area (Å²) in [4.78, 5) is 44.0. The van der Waals surface area contributed by atoms with E-state index in [2.05, 4.69) is 170 Å². The lowest BCUT2D eigenvalue weighted by atomic mass is 9.97. The Morgan fingerprint density at radius 3 is 1.12 bits per heavy atom. The lowest BCUT2D eigenvalue weighted by molar-refractivity contribution is 0.501. The number of benzene rings is 7. The fourth-order valence-corrected chi connectivity index (χ4v) is 18.6. The maximum atomic E-state index is 13.5. The topological polar surface area (TPSA) is 386 Å². The highest BCUT2D eigenvalue weighted by molar-refractivity contribution is 7.90. The van der Waals surface area contributed by atoms with Crippen LogP contribution in [0.2, 0.25) is 0 Å². The number of aromatic nitrogens is 12. The summed E-state index contributed by atoms with van der Waals surface area (Å²) in [7, 11) is -5.78. The fourth-order valence-electron chi connectivity index (χ4n) is 15.8. The first-order valence-corrected chi connectivity index (χ1v) is 45.3. The van der Waals surface area contributed by atoms with E-state index in [-0.39, 0.29) is 27.6 Å². The molecule has 27 heteroatoms. The van der Waals surface area contributed by atoms with E-state index in [1.54, 1.807) is 86.4 Å². The quantitative estimate of drug-likeness (QED) is 0.0312. The summed E-state index contributed by atoms with van der Waals surface area (Å²) in [5.74, 6) is 7.69. The predicted molar refractivity (Wildman–Crippen MR) is 499 cm³/mol. The van der Waals surface area contributed by atoms with Crippen molar-refractivity contribution in [2.24, 2.45) is 35.5 Å². The number of hydrogen-bond acceptors (Lipinski definition) is 23. The van der Waals surface area contributed by atoms with Gasteiger partial charge in [0.2, 0.25) is 29.7 Å². The Kier molecular flexibility index (Phi) is 25.3. The summed E-state index contributed by atoms with van der Waals surface area (Å²) < 4.78 is 62.0. The molecule has 25 nitrogen and oxygen atoms in total. The molecule has 4 aliphatic carbocycles. The summed E-state index contributed by atoms with van der Waals surface area (Å²) in [5, 5.41) is 12.4. The van der Waals surface area contributed by atoms with Gasteiger partial charge in [-0.25, -0.2) is 59.7 Å². The van der Waals surface area contributed by atoms with Gasteiger partial charge in [0.1, 0.15) is 29.3 Å². The minimum atomic E-state index is -3.79. The van der Waals surface area contributed by atoms with Gasteiger partial charge >= 0.3 is 0 Å². The van der Waals surface area contributed by atoms with Crippen molar-refractivity contribution in [3.63, 3.8) is 0 Å². The zero-order valence-corrected chi connectivity index (χ0v) is 73.6. The third-order valence-electron chi connectivity index (χ3n) is 24.0. The number of anilines is 8. The lowest BCUT2D eigenvalue weighted by Gasteiger charge is -2.14. The summed E-state index contributed by atoms with van der Waals surface area (Å²) >= 11 is 0. The molecule has 15 aromatic rings.